The number of hydrogen-bond acceptors (Lipinski definition) is 2. The molecule has 78 valence electrons. The van der Waals surface area contributed by atoms with Gasteiger partial charge in [-0.2, -0.15) is 0 Å². The van der Waals surface area contributed by atoms with E-state index in [2.05, 4.69) is 22.4 Å². The lowest BCUT2D eigenvalue weighted by molar-refractivity contribution is 0.256. The molecule has 0 spiro atoms. The van der Waals surface area contributed by atoms with Crippen molar-refractivity contribution in [3.63, 3.8) is 0 Å². The lowest BCUT2D eigenvalue weighted by Gasteiger charge is -2.40. The van der Waals surface area contributed by atoms with Crippen LogP contribution in [0.1, 0.15) is 18.4 Å². The first-order valence-electron chi connectivity index (χ1n) is 5.39. The zero-order valence-corrected chi connectivity index (χ0v) is 9.17. The van der Waals surface area contributed by atoms with Gasteiger partial charge in [0.25, 0.3) is 0 Å². The number of pyridine rings is 1. The smallest absolute Gasteiger partial charge is 0.129 e. The molecule has 0 bridgehead atoms. The van der Waals surface area contributed by atoms with E-state index in [1.807, 2.05) is 12.3 Å². The Morgan fingerprint density at radius 1 is 1.40 bits per heavy atom. The molecule has 1 aliphatic carbocycles. The van der Waals surface area contributed by atoms with Gasteiger partial charge >= 0.3 is 0 Å². The molecule has 2 aliphatic rings. The minimum Gasteiger partial charge on any atom is -0.310 e. The van der Waals surface area contributed by atoms with Gasteiger partial charge in [0.15, 0.2) is 0 Å². The Labute approximate surface area is 94.4 Å². The number of nitrogens with one attached hydrogen (secondary N) is 1. The Kier molecular flexibility index (Phi) is 2.26. The molecule has 1 fully saturated rings. The number of allylic oxidation sites excluding steroid dienone is 1. The minimum absolute atomic E-state index is 0.565. The van der Waals surface area contributed by atoms with E-state index in [-0.39, 0.29) is 0 Å². The SMILES string of the molecule is Clc1ccc(C2=C[C@@H]3NC[C@@H]3CC2)cn1. The van der Waals surface area contributed by atoms with Crippen molar-refractivity contribution < 1.29 is 0 Å². The van der Waals surface area contributed by atoms with E-state index in [0.717, 1.165) is 5.92 Å². The third-order valence-corrected chi connectivity index (χ3v) is 3.61. The molecule has 3 rings (SSSR count). The maximum absolute atomic E-state index is 5.77. The summed E-state index contributed by atoms with van der Waals surface area (Å²) in [5.41, 5.74) is 2.62. The molecule has 1 aliphatic heterocycles. The second kappa shape index (κ2) is 3.62. The third-order valence-electron chi connectivity index (χ3n) is 3.39. The highest BCUT2D eigenvalue weighted by atomic mass is 35.5. The van der Waals surface area contributed by atoms with Crippen molar-refractivity contribution in [2.24, 2.45) is 5.92 Å². The van der Waals surface area contributed by atoms with Gasteiger partial charge in [0, 0.05) is 18.8 Å². The Morgan fingerprint density at radius 2 is 2.33 bits per heavy atom. The van der Waals surface area contributed by atoms with Crippen LogP contribution in [0.4, 0.5) is 0 Å². The van der Waals surface area contributed by atoms with E-state index in [0.29, 0.717) is 11.2 Å². The van der Waals surface area contributed by atoms with Gasteiger partial charge in [0.1, 0.15) is 5.15 Å². The summed E-state index contributed by atoms with van der Waals surface area (Å²) in [7, 11) is 0. The summed E-state index contributed by atoms with van der Waals surface area (Å²) >= 11 is 5.77. The number of aromatic nitrogens is 1. The normalized spacial score (nSPS) is 29.0. The molecule has 0 amide bonds. The van der Waals surface area contributed by atoms with Crippen LogP contribution in [0.3, 0.4) is 0 Å². The van der Waals surface area contributed by atoms with Gasteiger partial charge < -0.3 is 5.32 Å². The van der Waals surface area contributed by atoms with Crippen LogP contribution >= 0.6 is 11.6 Å². The van der Waals surface area contributed by atoms with E-state index in [9.17, 15) is 0 Å². The largest absolute Gasteiger partial charge is 0.310 e. The Balaban J connectivity index is 1.87. The molecular formula is C12H13ClN2. The standard InChI is InChI=1S/C12H13ClN2/c13-12-4-3-9(6-15-12)8-1-2-10-7-14-11(10)5-8/h3-6,10-11,14H,1-2,7H2/t10-,11-/m0/s1. The number of nitrogens with zero attached hydrogens (tertiary/aromatic N) is 1. The number of fused-ring (bicyclic) bond motifs is 1. The molecule has 3 heteroatoms. The molecule has 2 heterocycles. The van der Waals surface area contributed by atoms with Crippen molar-refractivity contribution in [2.45, 2.75) is 18.9 Å². The fourth-order valence-electron chi connectivity index (χ4n) is 2.34. The maximum Gasteiger partial charge on any atom is 0.129 e. The molecule has 2 nitrogen and oxygen atoms in total. The monoisotopic (exact) mass is 220 g/mol. The Hall–Kier alpha value is -0.860. The summed E-state index contributed by atoms with van der Waals surface area (Å²) in [6, 6.07) is 4.52. The van der Waals surface area contributed by atoms with Crippen molar-refractivity contribution in [3.05, 3.63) is 35.1 Å². The van der Waals surface area contributed by atoms with Gasteiger partial charge in [-0.25, -0.2) is 4.98 Å². The van der Waals surface area contributed by atoms with Crippen molar-refractivity contribution in [1.82, 2.24) is 10.3 Å². The lowest BCUT2D eigenvalue weighted by Crippen LogP contribution is -2.52. The summed E-state index contributed by atoms with van der Waals surface area (Å²) < 4.78 is 0. The average molecular weight is 221 g/mol. The molecule has 1 aromatic heterocycles. The Morgan fingerprint density at radius 3 is 2.93 bits per heavy atom. The third kappa shape index (κ3) is 1.68. The van der Waals surface area contributed by atoms with Gasteiger partial charge in [-0.05, 0) is 36.0 Å². The first kappa shape index (κ1) is 9.37. The fraction of sp³-hybridized carbons (Fsp3) is 0.417. The number of halogens is 1. The van der Waals surface area contributed by atoms with Gasteiger partial charge in [0.2, 0.25) is 0 Å². The van der Waals surface area contributed by atoms with Crippen molar-refractivity contribution >= 4 is 17.2 Å². The van der Waals surface area contributed by atoms with Crippen LogP contribution in [0, 0.1) is 5.92 Å². The van der Waals surface area contributed by atoms with E-state index >= 15 is 0 Å². The molecule has 0 unspecified atom stereocenters. The summed E-state index contributed by atoms with van der Waals surface area (Å²) in [6.07, 6.45) is 6.69. The highest BCUT2D eigenvalue weighted by molar-refractivity contribution is 6.29. The predicted molar refractivity (Wildman–Crippen MR) is 61.7 cm³/mol. The van der Waals surface area contributed by atoms with Gasteiger partial charge in [-0.3, -0.25) is 0 Å². The van der Waals surface area contributed by atoms with Crippen LogP contribution in [0.2, 0.25) is 5.15 Å². The Bertz CT molecular complexity index is 397. The minimum atomic E-state index is 0.565. The first-order valence-corrected chi connectivity index (χ1v) is 5.77. The molecule has 0 radical (unpaired) electrons. The van der Waals surface area contributed by atoms with Crippen LogP contribution in [-0.2, 0) is 0 Å². The maximum atomic E-state index is 5.77. The molecule has 1 aromatic rings. The molecule has 1 saturated heterocycles. The van der Waals surface area contributed by atoms with Gasteiger partial charge in [-0.15, -0.1) is 0 Å². The lowest BCUT2D eigenvalue weighted by atomic mass is 9.79. The van der Waals surface area contributed by atoms with Crippen molar-refractivity contribution in [2.75, 3.05) is 6.54 Å². The molecule has 1 N–H and O–H groups in total. The summed E-state index contributed by atoms with van der Waals surface area (Å²) in [4.78, 5) is 4.12. The second-order valence-corrected chi connectivity index (χ2v) is 4.68. The molecule has 15 heavy (non-hydrogen) atoms. The van der Waals surface area contributed by atoms with E-state index in [1.165, 1.54) is 30.5 Å². The second-order valence-electron chi connectivity index (χ2n) is 4.29. The number of hydrogen-bond donors (Lipinski definition) is 1. The zero-order valence-electron chi connectivity index (χ0n) is 8.41. The van der Waals surface area contributed by atoms with E-state index in [1.54, 1.807) is 0 Å². The van der Waals surface area contributed by atoms with Gasteiger partial charge in [0.05, 0.1) is 0 Å². The highest BCUT2D eigenvalue weighted by Crippen LogP contribution is 2.33. The van der Waals surface area contributed by atoms with Crippen molar-refractivity contribution in [1.29, 1.82) is 0 Å². The topological polar surface area (TPSA) is 24.9 Å². The van der Waals surface area contributed by atoms with Crippen LogP contribution in [0.5, 0.6) is 0 Å². The summed E-state index contributed by atoms with van der Waals surface area (Å²) in [6.45, 7) is 1.19. The molecule has 0 saturated carbocycles. The van der Waals surface area contributed by atoms with Crippen molar-refractivity contribution in [3.8, 4) is 0 Å². The van der Waals surface area contributed by atoms with Crippen LogP contribution in [-0.4, -0.2) is 17.6 Å². The highest BCUT2D eigenvalue weighted by Gasteiger charge is 2.31. The van der Waals surface area contributed by atoms with Crippen LogP contribution in [0.25, 0.3) is 5.57 Å². The fourth-order valence-corrected chi connectivity index (χ4v) is 2.46. The van der Waals surface area contributed by atoms with E-state index < -0.39 is 0 Å². The molecule has 0 aromatic carbocycles. The molecule has 2 atom stereocenters. The first-order chi connectivity index (χ1) is 7.33. The van der Waals surface area contributed by atoms with Crippen LogP contribution < -0.4 is 5.32 Å². The average Bonchev–Trinajstić information content (AvgIpc) is 2.22. The van der Waals surface area contributed by atoms with E-state index in [4.69, 9.17) is 11.6 Å². The number of rotatable bonds is 1. The zero-order chi connectivity index (χ0) is 10.3. The van der Waals surface area contributed by atoms with Gasteiger partial charge in [-0.1, -0.05) is 23.7 Å². The summed E-state index contributed by atoms with van der Waals surface area (Å²) in [5, 5.41) is 4.00. The summed E-state index contributed by atoms with van der Waals surface area (Å²) in [5.74, 6) is 0.869. The molecular weight excluding hydrogens is 208 g/mol. The quantitative estimate of drug-likeness (QED) is 0.736. The van der Waals surface area contributed by atoms with Crippen LogP contribution in [0.15, 0.2) is 24.4 Å². The predicted octanol–water partition coefficient (Wildman–Crippen LogP) is 2.50.